The number of rotatable bonds is 13. The van der Waals surface area contributed by atoms with Crippen molar-refractivity contribution in [3.05, 3.63) is 36.5 Å². The minimum atomic E-state index is -2.35. The summed E-state index contributed by atoms with van der Waals surface area (Å²) in [6.45, 7) is 8.47. The van der Waals surface area contributed by atoms with Crippen molar-refractivity contribution < 1.29 is 72.4 Å². The summed E-state index contributed by atoms with van der Waals surface area (Å²) in [5.74, 6) is -4.90. The molecule has 4 aliphatic rings. The molecule has 15 heteroatoms. The second kappa shape index (κ2) is 23.0. The van der Waals surface area contributed by atoms with Crippen molar-refractivity contribution in [2.75, 3.05) is 20.3 Å². The van der Waals surface area contributed by atoms with E-state index in [9.17, 15) is 34.5 Å². The Bertz CT molecular complexity index is 1430. The molecular formula is C43H66O15. The Morgan fingerprint density at radius 1 is 0.931 bits per heavy atom. The molecule has 0 radical (unpaired) electrons. The molecular weight excluding hydrogens is 756 g/mol. The Morgan fingerprint density at radius 2 is 1.66 bits per heavy atom. The molecule has 6 bridgehead atoms. The van der Waals surface area contributed by atoms with Crippen LogP contribution in [0.15, 0.2) is 36.5 Å². The maximum Gasteiger partial charge on any atom is 0.330 e. The van der Waals surface area contributed by atoms with Gasteiger partial charge in [0.15, 0.2) is 12.4 Å². The quantitative estimate of drug-likeness (QED) is 0.0750. The van der Waals surface area contributed by atoms with Crippen LogP contribution in [0.3, 0.4) is 0 Å². The average molecular weight is 823 g/mol. The Labute approximate surface area is 342 Å². The van der Waals surface area contributed by atoms with Gasteiger partial charge >= 0.3 is 23.9 Å². The third kappa shape index (κ3) is 14.2. The molecule has 0 aliphatic carbocycles. The number of cyclic esters (lactones) is 1. The van der Waals surface area contributed by atoms with Crippen molar-refractivity contribution in [3.8, 4) is 0 Å². The lowest BCUT2D eigenvalue weighted by molar-refractivity contribution is -0.327. The highest BCUT2D eigenvalue weighted by Gasteiger charge is 2.57. The molecule has 0 saturated carbocycles. The Hall–Kier alpha value is -3.18. The molecule has 0 aromatic carbocycles. The molecule has 3 fully saturated rings. The van der Waals surface area contributed by atoms with E-state index < -0.39 is 84.6 Å². The van der Waals surface area contributed by atoms with Crippen LogP contribution >= 0.6 is 0 Å². The number of hydrogen-bond acceptors (Lipinski definition) is 15. The van der Waals surface area contributed by atoms with Crippen molar-refractivity contribution in [1.29, 1.82) is 0 Å². The van der Waals surface area contributed by atoms with Crippen molar-refractivity contribution >= 4 is 23.9 Å². The fourth-order valence-corrected chi connectivity index (χ4v) is 8.08. The minimum absolute atomic E-state index is 0.0449. The number of fused-ring (bicyclic) bond motifs is 6. The summed E-state index contributed by atoms with van der Waals surface area (Å²) in [7, 11) is 1.20. The van der Waals surface area contributed by atoms with Gasteiger partial charge in [-0.15, -0.1) is 0 Å². The SMILES string of the molecule is C=CCOC(=O)C[C@H]1C[C@H]2C[C@H]3CCC[C@@H](C[C@@H](O)CC(=O)O[C@@H](CO)C[C@@H]4C/C(=C\C(=O)OC)[C@H](OC(=O)CCCCCCC)[C@@](O)(O4)C(C)(C)/C=C\[C@H](O2)O1)O3. The number of hydrogen-bond donors (Lipinski definition) is 3. The van der Waals surface area contributed by atoms with Gasteiger partial charge in [0.1, 0.15) is 12.7 Å². The fraction of sp³-hybridized carbons (Fsp3) is 0.767. The molecule has 4 heterocycles. The normalized spacial score (nSPS) is 34.5. The van der Waals surface area contributed by atoms with Crippen LogP contribution in [0.5, 0.6) is 0 Å². The maximum atomic E-state index is 13.4. The highest BCUT2D eigenvalue weighted by Crippen LogP contribution is 2.47. The third-order valence-electron chi connectivity index (χ3n) is 11.2. The van der Waals surface area contributed by atoms with Crippen molar-refractivity contribution in [2.45, 2.75) is 184 Å². The first kappa shape index (κ1) is 47.5. The van der Waals surface area contributed by atoms with Crippen LogP contribution in [0.4, 0.5) is 0 Å². The summed E-state index contributed by atoms with van der Waals surface area (Å²) < 4.78 is 47.3. The van der Waals surface area contributed by atoms with Gasteiger partial charge < -0.3 is 53.2 Å². The standard InChI is InChI=1S/C43H66O15/c1-6-8-9-10-11-15-36(46)57-41-28(20-37(47)51-5)19-34-25-35(27-44)54-39(49)22-29(45)21-30-13-12-14-31(53-30)23-32-24-33(26-38(48)52-18-7-2)56-40(55-32)16-17-42(3,4)43(41,50)58-34/h7,16-17,20,29-35,40-41,44-45,50H,2,6,8-15,18-19,21-27H2,1,3-5H3/b17-16-,28-20+/t29-,30+,31-,32-,33-,34+,35-,40-,41+,43-/m1/s1. The number of carbonyl (C=O) groups excluding carboxylic acids is 4. The number of aliphatic hydroxyl groups excluding tert-OH is 2. The van der Waals surface area contributed by atoms with Crippen LogP contribution in [0, 0.1) is 5.41 Å². The molecule has 0 spiro atoms. The summed E-state index contributed by atoms with van der Waals surface area (Å²) in [4.78, 5) is 52.0. The van der Waals surface area contributed by atoms with Gasteiger partial charge in [0, 0.05) is 43.6 Å². The summed E-state index contributed by atoms with van der Waals surface area (Å²) >= 11 is 0. The van der Waals surface area contributed by atoms with E-state index in [-0.39, 0.29) is 62.9 Å². The number of esters is 4. The molecule has 3 saturated heterocycles. The van der Waals surface area contributed by atoms with E-state index in [2.05, 4.69) is 13.5 Å². The van der Waals surface area contributed by atoms with Crippen molar-refractivity contribution in [3.63, 3.8) is 0 Å². The van der Waals surface area contributed by atoms with Gasteiger partial charge in [-0.05, 0) is 43.8 Å². The van der Waals surface area contributed by atoms with E-state index in [1.165, 1.54) is 13.2 Å². The molecule has 0 aromatic rings. The first-order valence-corrected chi connectivity index (χ1v) is 21.0. The number of ether oxygens (including phenoxy) is 8. The highest BCUT2D eigenvalue weighted by molar-refractivity contribution is 5.83. The van der Waals surface area contributed by atoms with Gasteiger partial charge in [0.25, 0.3) is 0 Å². The molecule has 4 rings (SSSR count). The zero-order chi connectivity index (χ0) is 42.3. The lowest BCUT2D eigenvalue weighted by Gasteiger charge is -2.51. The second-order valence-corrected chi connectivity index (χ2v) is 16.5. The minimum Gasteiger partial charge on any atom is -0.466 e. The van der Waals surface area contributed by atoms with E-state index >= 15 is 0 Å². The molecule has 4 aliphatic heterocycles. The second-order valence-electron chi connectivity index (χ2n) is 16.5. The summed E-state index contributed by atoms with van der Waals surface area (Å²) in [5.41, 5.74) is -1.22. The van der Waals surface area contributed by atoms with Gasteiger partial charge in [0.05, 0.1) is 63.2 Å². The smallest absolute Gasteiger partial charge is 0.330 e. The van der Waals surface area contributed by atoms with Crippen LogP contribution in [-0.4, -0.2) is 120 Å². The summed E-state index contributed by atoms with van der Waals surface area (Å²) in [5, 5.41) is 34.0. The Kier molecular flexibility index (Phi) is 18.8. The summed E-state index contributed by atoms with van der Waals surface area (Å²) in [6.07, 6.45) is 5.95. The monoisotopic (exact) mass is 822 g/mol. The first-order chi connectivity index (χ1) is 27.7. The fourth-order valence-electron chi connectivity index (χ4n) is 8.08. The zero-order valence-corrected chi connectivity index (χ0v) is 34.7. The van der Waals surface area contributed by atoms with Gasteiger partial charge in [-0.3, -0.25) is 14.4 Å². The molecule has 58 heavy (non-hydrogen) atoms. The topological polar surface area (TPSA) is 203 Å². The van der Waals surface area contributed by atoms with Gasteiger partial charge in [-0.2, -0.15) is 0 Å². The highest BCUT2D eigenvalue weighted by atomic mass is 16.7. The molecule has 10 atom stereocenters. The van der Waals surface area contributed by atoms with Gasteiger partial charge in [0.2, 0.25) is 5.79 Å². The summed E-state index contributed by atoms with van der Waals surface area (Å²) in [6, 6.07) is 0. The molecule has 0 unspecified atom stereocenters. The van der Waals surface area contributed by atoms with Crippen molar-refractivity contribution in [2.24, 2.45) is 5.41 Å². The zero-order valence-electron chi connectivity index (χ0n) is 34.7. The average Bonchev–Trinajstić information content (AvgIpc) is 3.16. The predicted octanol–water partition coefficient (Wildman–Crippen LogP) is 4.81. The molecule has 0 amide bonds. The van der Waals surface area contributed by atoms with Crippen LogP contribution in [0.1, 0.15) is 124 Å². The number of aliphatic hydroxyl groups is 3. The predicted molar refractivity (Wildman–Crippen MR) is 209 cm³/mol. The van der Waals surface area contributed by atoms with Gasteiger partial charge in [-0.25, -0.2) is 4.79 Å². The number of methoxy groups -OCH3 is 1. The van der Waals surface area contributed by atoms with E-state index in [1.54, 1.807) is 26.0 Å². The molecule has 15 nitrogen and oxygen atoms in total. The van der Waals surface area contributed by atoms with Gasteiger partial charge in [-0.1, -0.05) is 65.2 Å². The molecule has 3 N–H and O–H groups in total. The largest absolute Gasteiger partial charge is 0.466 e. The Balaban J connectivity index is 1.74. The molecule has 0 aromatic heterocycles. The first-order valence-electron chi connectivity index (χ1n) is 21.0. The molecule has 328 valence electrons. The number of carbonyl (C=O) groups is 4. The maximum absolute atomic E-state index is 13.4. The Morgan fingerprint density at radius 3 is 2.36 bits per heavy atom. The third-order valence-corrected chi connectivity index (χ3v) is 11.2. The van der Waals surface area contributed by atoms with E-state index in [4.69, 9.17) is 37.9 Å². The van der Waals surface area contributed by atoms with Crippen molar-refractivity contribution in [1.82, 2.24) is 0 Å². The van der Waals surface area contributed by atoms with E-state index in [0.717, 1.165) is 44.6 Å². The van der Waals surface area contributed by atoms with Crippen LogP contribution in [0.2, 0.25) is 0 Å². The number of unbranched alkanes of at least 4 members (excludes halogenated alkanes) is 4. The van der Waals surface area contributed by atoms with E-state index in [1.807, 2.05) is 0 Å². The van der Waals surface area contributed by atoms with Crippen LogP contribution in [-0.2, 0) is 57.1 Å². The van der Waals surface area contributed by atoms with Crippen LogP contribution in [0.25, 0.3) is 0 Å². The lowest BCUT2D eigenvalue weighted by atomic mass is 9.74. The van der Waals surface area contributed by atoms with E-state index in [0.29, 0.717) is 25.7 Å². The van der Waals surface area contributed by atoms with Crippen LogP contribution < -0.4 is 0 Å². The lowest BCUT2D eigenvalue weighted by Crippen LogP contribution is -2.62.